The number of fused-ring (bicyclic) bond motifs is 2. The second kappa shape index (κ2) is 16.2. The fourth-order valence-electron chi connectivity index (χ4n) is 5.29. The molecule has 0 unspecified atom stereocenters. The highest BCUT2D eigenvalue weighted by atomic mass is 35.5. The maximum absolute atomic E-state index is 12.6. The van der Waals surface area contributed by atoms with E-state index in [0.29, 0.717) is 28.2 Å². The zero-order valence-corrected chi connectivity index (χ0v) is 28.4. The van der Waals surface area contributed by atoms with Crippen LogP contribution in [0.15, 0.2) is 71.2 Å². The first-order chi connectivity index (χ1) is 21.6. The van der Waals surface area contributed by atoms with Crippen molar-refractivity contribution in [3.63, 3.8) is 0 Å². The summed E-state index contributed by atoms with van der Waals surface area (Å²) in [6.45, 7) is 16.9. The Morgan fingerprint density at radius 3 is 2.28 bits per heavy atom. The highest BCUT2D eigenvalue weighted by Gasteiger charge is 2.23. The van der Waals surface area contributed by atoms with E-state index in [9.17, 15) is 14.7 Å². The largest absolute Gasteiger partial charge is 1.00 e. The molecular formula is C35H40ClN3O6S. The third-order valence-corrected chi connectivity index (χ3v) is 7.83. The number of hydrogen-bond donors (Lipinski definition) is 2. The van der Waals surface area contributed by atoms with Crippen LogP contribution in [0.3, 0.4) is 0 Å². The van der Waals surface area contributed by atoms with Crippen LogP contribution in [-0.4, -0.2) is 61.6 Å². The molecule has 2 aromatic rings. The van der Waals surface area contributed by atoms with Gasteiger partial charge in [-0.1, -0.05) is 6.58 Å². The van der Waals surface area contributed by atoms with Crippen LogP contribution in [0, 0.1) is 0 Å². The maximum atomic E-state index is 12.6. The number of carbonyl (C=O) groups is 2. The van der Waals surface area contributed by atoms with Gasteiger partial charge in [0.2, 0.25) is 5.36 Å². The fraction of sp³-hybridized carbons (Fsp3) is 0.314. The van der Waals surface area contributed by atoms with Gasteiger partial charge in [-0.2, -0.15) is 0 Å². The van der Waals surface area contributed by atoms with Gasteiger partial charge in [-0.25, -0.2) is 14.2 Å². The predicted molar refractivity (Wildman–Crippen MR) is 183 cm³/mol. The van der Waals surface area contributed by atoms with E-state index in [1.165, 1.54) is 0 Å². The Morgan fingerprint density at radius 1 is 0.957 bits per heavy atom. The van der Waals surface area contributed by atoms with E-state index in [4.69, 9.17) is 26.1 Å². The number of benzene rings is 3. The van der Waals surface area contributed by atoms with E-state index in [1.54, 1.807) is 25.1 Å². The molecule has 0 saturated carbocycles. The lowest BCUT2D eigenvalue weighted by molar-refractivity contribution is -0.139. The molecule has 2 aromatic carbocycles. The summed E-state index contributed by atoms with van der Waals surface area (Å²) in [6, 6.07) is 17.0. The minimum absolute atomic E-state index is 0. The Labute approximate surface area is 280 Å². The summed E-state index contributed by atoms with van der Waals surface area (Å²) < 4.78 is 19.4. The van der Waals surface area contributed by atoms with Crippen molar-refractivity contribution in [2.45, 2.75) is 34.6 Å². The number of carbonyl (C=O) groups excluding carboxylic acids is 1. The van der Waals surface area contributed by atoms with Gasteiger partial charge in [-0.05, 0) is 88.8 Å². The summed E-state index contributed by atoms with van der Waals surface area (Å²) in [5, 5.41) is 15.2. The molecule has 0 bridgehead atoms. The molecule has 0 radical (unpaired) electrons. The number of anilines is 2. The van der Waals surface area contributed by atoms with Crippen molar-refractivity contribution < 1.29 is 41.0 Å². The average molecular weight is 666 g/mol. The van der Waals surface area contributed by atoms with Crippen LogP contribution in [0.4, 0.5) is 11.4 Å². The van der Waals surface area contributed by atoms with Gasteiger partial charge in [0, 0.05) is 58.7 Å². The normalized spacial score (nSPS) is 10.6. The Hall–Kier alpha value is -4.41. The summed E-state index contributed by atoms with van der Waals surface area (Å²) in [7, 11) is 0. The lowest BCUT2D eigenvalue weighted by Gasteiger charge is -2.23. The number of esters is 1. The molecule has 2 aliphatic rings. The molecule has 0 aromatic heterocycles. The van der Waals surface area contributed by atoms with Crippen LogP contribution >= 0.6 is 12.2 Å². The predicted octanol–water partition coefficient (Wildman–Crippen LogP) is 3.40. The van der Waals surface area contributed by atoms with Crippen LogP contribution in [0.2, 0.25) is 0 Å². The van der Waals surface area contributed by atoms with E-state index in [0.717, 1.165) is 53.7 Å². The van der Waals surface area contributed by atoms with E-state index in [2.05, 4.69) is 49.1 Å². The van der Waals surface area contributed by atoms with Crippen LogP contribution in [0.1, 0.15) is 45.0 Å². The second-order valence-electron chi connectivity index (χ2n) is 10.4. The van der Waals surface area contributed by atoms with Gasteiger partial charge >= 0.3 is 11.9 Å². The van der Waals surface area contributed by atoms with Crippen LogP contribution in [0.25, 0.3) is 33.4 Å². The van der Waals surface area contributed by atoms with E-state index in [-0.39, 0.29) is 36.4 Å². The van der Waals surface area contributed by atoms with Gasteiger partial charge < -0.3 is 41.6 Å². The molecule has 9 nitrogen and oxygen atoms in total. The Morgan fingerprint density at radius 2 is 1.65 bits per heavy atom. The smallest absolute Gasteiger partial charge is 0.336 e. The summed E-state index contributed by atoms with van der Waals surface area (Å²) in [6.07, 6.45) is 0. The monoisotopic (exact) mass is 665 g/mol. The van der Waals surface area contributed by atoms with Crippen LogP contribution in [-0.2, 0) is 14.3 Å². The molecule has 0 fully saturated rings. The summed E-state index contributed by atoms with van der Waals surface area (Å²) >= 11 is 5.36. The van der Waals surface area contributed by atoms with Crippen molar-refractivity contribution >= 4 is 51.7 Å². The summed E-state index contributed by atoms with van der Waals surface area (Å²) in [4.78, 5) is 26.4. The first-order valence-electron chi connectivity index (χ1n) is 15.1. The van der Waals surface area contributed by atoms with Crippen molar-refractivity contribution in [3.05, 3.63) is 77.7 Å². The SMILES string of the molecule is C=C(C)C(=O)OCCOC(=S)Nc1ccc(C(=O)O)c(-c2c3ccc(=[N+](CC)CC)cc-3oc3cc(N(CC)CC)ccc23)c1.[Cl-]. The number of hydrogen-bond acceptors (Lipinski definition) is 7. The molecule has 0 spiro atoms. The summed E-state index contributed by atoms with van der Waals surface area (Å²) in [5.41, 5.74) is 4.67. The molecule has 11 heteroatoms. The minimum Gasteiger partial charge on any atom is -1.00 e. The molecule has 2 N–H and O–H groups in total. The van der Waals surface area contributed by atoms with Crippen molar-refractivity contribution in [1.29, 1.82) is 0 Å². The van der Waals surface area contributed by atoms with Crippen molar-refractivity contribution in [2.75, 3.05) is 49.6 Å². The van der Waals surface area contributed by atoms with Gasteiger partial charge in [0.25, 0.3) is 5.17 Å². The number of ether oxygens (including phenoxy) is 2. The van der Waals surface area contributed by atoms with E-state index >= 15 is 0 Å². The van der Waals surface area contributed by atoms with Crippen LogP contribution < -0.4 is 32.6 Å². The Bertz CT molecular complexity index is 1790. The second-order valence-corrected chi connectivity index (χ2v) is 10.8. The molecule has 0 amide bonds. The van der Waals surface area contributed by atoms with Gasteiger partial charge in [0.05, 0.1) is 11.6 Å². The number of thiocarbonyl (C=S) groups is 1. The number of rotatable bonds is 12. The number of nitrogens with one attached hydrogen (secondary N) is 1. The highest BCUT2D eigenvalue weighted by molar-refractivity contribution is 7.80. The Balaban J connectivity index is 0.00000576. The molecule has 244 valence electrons. The fourth-order valence-corrected chi connectivity index (χ4v) is 5.49. The van der Waals surface area contributed by atoms with Gasteiger partial charge in [-0.15, -0.1) is 0 Å². The summed E-state index contributed by atoms with van der Waals surface area (Å²) in [5.74, 6) is -0.915. The van der Waals surface area contributed by atoms with E-state index in [1.807, 2.05) is 36.4 Å². The van der Waals surface area contributed by atoms with Gasteiger partial charge in [-0.3, -0.25) is 0 Å². The zero-order chi connectivity index (χ0) is 32.7. The lowest BCUT2D eigenvalue weighted by atomic mass is 9.90. The van der Waals surface area contributed by atoms with Crippen molar-refractivity contribution in [2.24, 2.45) is 0 Å². The van der Waals surface area contributed by atoms with Crippen molar-refractivity contribution in [1.82, 2.24) is 4.58 Å². The molecular weight excluding hydrogens is 626 g/mol. The third-order valence-electron chi connectivity index (χ3n) is 7.61. The van der Waals surface area contributed by atoms with Crippen molar-refractivity contribution in [3.8, 4) is 22.5 Å². The number of carboxylic acid groups (broad SMARTS) is 1. The molecule has 4 rings (SSSR count). The first kappa shape index (κ1) is 36.1. The molecule has 0 atom stereocenters. The third kappa shape index (κ3) is 8.05. The molecule has 1 heterocycles. The quantitative estimate of drug-likeness (QED) is 0.0589. The highest BCUT2D eigenvalue weighted by Crippen LogP contribution is 2.43. The van der Waals surface area contributed by atoms with Gasteiger partial charge in [0.1, 0.15) is 37.6 Å². The number of halogens is 1. The Kier molecular flexibility index (Phi) is 12.7. The lowest BCUT2D eigenvalue weighted by Crippen LogP contribution is -3.00. The first-order valence-corrected chi connectivity index (χ1v) is 15.5. The number of carboxylic acids is 1. The molecule has 46 heavy (non-hydrogen) atoms. The average Bonchev–Trinajstić information content (AvgIpc) is 3.02. The maximum Gasteiger partial charge on any atom is 0.336 e. The topological polar surface area (TPSA) is 104 Å². The van der Waals surface area contributed by atoms with Crippen LogP contribution in [0.5, 0.6) is 0 Å². The molecule has 1 aliphatic carbocycles. The van der Waals surface area contributed by atoms with E-state index < -0.39 is 11.9 Å². The number of nitrogens with zero attached hydrogens (tertiary/aromatic N) is 2. The molecule has 1 aliphatic heterocycles. The number of aromatic carboxylic acids is 1. The van der Waals surface area contributed by atoms with Gasteiger partial charge in [0.15, 0.2) is 0 Å². The molecule has 0 saturated heterocycles. The minimum atomic E-state index is -1.06. The standard InChI is InChI=1S/C35H39N3O6S.ClH/c1-7-37(8-2)24-12-15-27-30(20-24)44-31-21-25(38(9-3)10-4)13-16-28(31)32(27)29-19-23(11-14-26(29)33(39)40)36-35(45)43-18-17-42-34(41)22(5)6;/h11-16,19-21H,5,7-10,17-18H2,1-4,6H3,(H-,36,39,40,45);1H. The zero-order valence-electron chi connectivity index (χ0n) is 26.8.